The SMILES string of the molecule is CC(C)OC(=O)[C@H]1CC[C@H](/C(=N/[S+]([O-])C(C)(C)C)C(F)F)CC1. The van der Waals surface area contributed by atoms with Crippen LogP contribution in [0.3, 0.4) is 0 Å². The highest BCUT2D eigenvalue weighted by atomic mass is 32.2. The number of esters is 1. The number of halogens is 2. The lowest BCUT2D eigenvalue weighted by Gasteiger charge is -2.28. The quantitative estimate of drug-likeness (QED) is 0.428. The van der Waals surface area contributed by atoms with Crippen LogP contribution in [0.2, 0.25) is 0 Å². The summed E-state index contributed by atoms with van der Waals surface area (Å²) < 4.78 is 47.0. The summed E-state index contributed by atoms with van der Waals surface area (Å²) in [6.07, 6.45) is -0.989. The highest BCUT2D eigenvalue weighted by molar-refractivity contribution is 7.91. The van der Waals surface area contributed by atoms with Gasteiger partial charge in [0.1, 0.15) is 21.8 Å². The fourth-order valence-corrected chi connectivity index (χ4v) is 3.17. The molecule has 4 nitrogen and oxygen atoms in total. The molecule has 1 aliphatic carbocycles. The van der Waals surface area contributed by atoms with Crippen molar-refractivity contribution in [2.75, 3.05) is 0 Å². The van der Waals surface area contributed by atoms with Crippen LogP contribution in [-0.4, -0.2) is 33.5 Å². The van der Waals surface area contributed by atoms with Gasteiger partial charge in [-0.15, -0.1) is 0 Å². The Hall–Kier alpha value is -0.690. The van der Waals surface area contributed by atoms with E-state index in [-0.39, 0.29) is 23.7 Å². The van der Waals surface area contributed by atoms with Gasteiger partial charge >= 0.3 is 5.97 Å². The molecular weight excluding hydrogens is 324 g/mol. The van der Waals surface area contributed by atoms with E-state index in [9.17, 15) is 18.1 Å². The van der Waals surface area contributed by atoms with Crippen molar-refractivity contribution in [1.82, 2.24) is 0 Å². The number of alkyl halides is 2. The van der Waals surface area contributed by atoms with Crippen LogP contribution in [0.5, 0.6) is 0 Å². The number of carbonyl (C=O) groups excluding carboxylic acids is 1. The third-order valence-electron chi connectivity index (χ3n) is 3.77. The van der Waals surface area contributed by atoms with E-state index in [4.69, 9.17) is 4.74 Å². The maximum atomic E-state index is 13.3. The first-order valence-corrected chi connectivity index (χ1v) is 9.12. The van der Waals surface area contributed by atoms with Crippen LogP contribution in [0.25, 0.3) is 0 Å². The predicted molar refractivity (Wildman–Crippen MR) is 88.0 cm³/mol. The third kappa shape index (κ3) is 6.37. The molecule has 0 aliphatic heterocycles. The molecule has 0 amide bonds. The Morgan fingerprint density at radius 3 is 2.04 bits per heavy atom. The van der Waals surface area contributed by atoms with Gasteiger partial charge in [0.25, 0.3) is 6.43 Å². The second-order valence-electron chi connectivity index (χ2n) is 7.21. The van der Waals surface area contributed by atoms with Crippen LogP contribution >= 0.6 is 0 Å². The molecule has 0 radical (unpaired) electrons. The van der Waals surface area contributed by atoms with Gasteiger partial charge in [-0.1, -0.05) is 4.40 Å². The summed E-state index contributed by atoms with van der Waals surface area (Å²) >= 11 is -1.70. The molecule has 0 aromatic heterocycles. The van der Waals surface area contributed by atoms with E-state index >= 15 is 0 Å². The van der Waals surface area contributed by atoms with E-state index < -0.39 is 28.5 Å². The van der Waals surface area contributed by atoms with Crippen molar-refractivity contribution in [3.8, 4) is 0 Å². The first-order chi connectivity index (χ1) is 10.5. The maximum Gasteiger partial charge on any atom is 0.309 e. The molecule has 0 N–H and O–H groups in total. The van der Waals surface area contributed by atoms with E-state index in [1.54, 1.807) is 34.6 Å². The highest BCUT2D eigenvalue weighted by Crippen LogP contribution is 2.33. The molecule has 0 heterocycles. The number of ether oxygens (including phenoxy) is 1. The molecule has 0 aromatic carbocycles. The Labute approximate surface area is 140 Å². The fraction of sp³-hybridized carbons (Fsp3) is 0.875. The van der Waals surface area contributed by atoms with E-state index in [2.05, 4.69) is 4.40 Å². The van der Waals surface area contributed by atoms with E-state index in [0.717, 1.165) is 0 Å². The lowest BCUT2D eigenvalue weighted by atomic mass is 9.80. The average molecular weight is 351 g/mol. The van der Waals surface area contributed by atoms with Crippen molar-refractivity contribution in [2.45, 2.75) is 77.6 Å². The first kappa shape index (κ1) is 20.4. The zero-order valence-corrected chi connectivity index (χ0v) is 15.3. The van der Waals surface area contributed by atoms with Gasteiger partial charge in [-0.25, -0.2) is 8.78 Å². The van der Waals surface area contributed by atoms with Crippen LogP contribution in [0.1, 0.15) is 60.3 Å². The summed E-state index contributed by atoms with van der Waals surface area (Å²) in [5, 5.41) is 0. The third-order valence-corrected chi connectivity index (χ3v) is 5.19. The highest BCUT2D eigenvalue weighted by Gasteiger charge is 2.36. The van der Waals surface area contributed by atoms with Gasteiger partial charge in [-0.05, 0) is 60.3 Å². The van der Waals surface area contributed by atoms with Gasteiger partial charge < -0.3 is 9.29 Å². The van der Waals surface area contributed by atoms with Gasteiger partial charge in [0.05, 0.1) is 12.0 Å². The van der Waals surface area contributed by atoms with Crippen LogP contribution in [0.4, 0.5) is 8.78 Å². The molecular formula is C16H27F2NO3S. The standard InChI is InChI=1S/C16H27F2NO3S/c1-10(2)22-15(20)12-8-6-11(7-9-12)13(14(17)18)19-23(21)16(3,4)5/h10-12,14H,6-9H2,1-5H3/b19-13-/t11-,12-,23?. The number of hydrogen-bond acceptors (Lipinski definition) is 4. The smallest absolute Gasteiger partial charge is 0.309 e. The Morgan fingerprint density at radius 2 is 1.65 bits per heavy atom. The summed E-state index contributed by atoms with van der Waals surface area (Å²) in [7, 11) is 0. The van der Waals surface area contributed by atoms with Gasteiger partial charge in [0, 0.05) is 5.92 Å². The summed E-state index contributed by atoms with van der Waals surface area (Å²) in [6.45, 7) is 8.68. The molecule has 134 valence electrons. The molecule has 1 aliphatic rings. The summed E-state index contributed by atoms with van der Waals surface area (Å²) in [5.74, 6) is -0.905. The summed E-state index contributed by atoms with van der Waals surface area (Å²) in [5.41, 5.74) is -0.283. The van der Waals surface area contributed by atoms with E-state index in [0.29, 0.717) is 25.7 Å². The minimum atomic E-state index is -2.72. The molecule has 0 saturated heterocycles. The molecule has 1 fully saturated rings. The zero-order valence-electron chi connectivity index (χ0n) is 14.5. The van der Waals surface area contributed by atoms with Crippen molar-refractivity contribution in [2.24, 2.45) is 16.2 Å². The molecule has 1 unspecified atom stereocenters. The monoisotopic (exact) mass is 351 g/mol. The van der Waals surface area contributed by atoms with Crippen molar-refractivity contribution >= 4 is 23.0 Å². The zero-order chi connectivity index (χ0) is 17.8. The predicted octanol–water partition coefficient (Wildman–Crippen LogP) is 3.91. The molecule has 1 rings (SSSR count). The second-order valence-corrected chi connectivity index (χ2v) is 9.12. The Kier molecular flexibility index (Phi) is 7.45. The van der Waals surface area contributed by atoms with Crippen molar-refractivity contribution in [3.63, 3.8) is 0 Å². The number of nitrogens with zero attached hydrogens (tertiary/aromatic N) is 1. The molecule has 1 saturated carbocycles. The molecule has 0 bridgehead atoms. The Bertz CT molecular complexity index is 428. The largest absolute Gasteiger partial charge is 0.591 e. The van der Waals surface area contributed by atoms with Crippen LogP contribution < -0.4 is 0 Å². The first-order valence-electron chi connectivity index (χ1n) is 8.01. The molecule has 1 atom stereocenters. The topological polar surface area (TPSA) is 61.7 Å². The number of rotatable bonds is 5. The summed E-state index contributed by atoms with van der Waals surface area (Å²) in [6, 6.07) is 0. The number of hydrogen-bond donors (Lipinski definition) is 0. The lowest BCUT2D eigenvalue weighted by molar-refractivity contribution is -0.153. The Morgan fingerprint density at radius 1 is 1.17 bits per heavy atom. The maximum absolute atomic E-state index is 13.3. The van der Waals surface area contributed by atoms with Crippen molar-refractivity contribution in [3.05, 3.63) is 0 Å². The van der Waals surface area contributed by atoms with Crippen LogP contribution in [0.15, 0.2) is 4.40 Å². The molecule has 0 spiro atoms. The van der Waals surface area contributed by atoms with Gasteiger partial charge in [0.15, 0.2) is 0 Å². The molecule has 0 aromatic rings. The van der Waals surface area contributed by atoms with Crippen LogP contribution in [-0.2, 0) is 20.9 Å². The van der Waals surface area contributed by atoms with Crippen molar-refractivity contribution < 1.29 is 22.9 Å². The van der Waals surface area contributed by atoms with Crippen LogP contribution in [0, 0.1) is 11.8 Å². The summed E-state index contributed by atoms with van der Waals surface area (Å²) in [4.78, 5) is 11.9. The van der Waals surface area contributed by atoms with Crippen molar-refractivity contribution in [1.29, 1.82) is 0 Å². The van der Waals surface area contributed by atoms with Gasteiger partial charge in [-0.2, -0.15) is 0 Å². The molecule has 23 heavy (non-hydrogen) atoms. The number of carbonyl (C=O) groups is 1. The second kappa shape index (κ2) is 8.42. The van der Waals surface area contributed by atoms with Gasteiger partial charge in [-0.3, -0.25) is 4.79 Å². The minimum absolute atomic E-state index is 0.174. The fourth-order valence-electron chi connectivity index (χ4n) is 2.48. The van der Waals surface area contributed by atoms with E-state index in [1.807, 2.05) is 0 Å². The Balaban J connectivity index is 2.72. The molecule has 7 heteroatoms. The van der Waals surface area contributed by atoms with E-state index in [1.165, 1.54) is 0 Å². The normalized spacial score (nSPS) is 24.9. The van der Waals surface area contributed by atoms with Gasteiger partial charge in [0.2, 0.25) is 0 Å². The average Bonchev–Trinajstić information content (AvgIpc) is 2.42. The lowest BCUT2D eigenvalue weighted by Crippen LogP contribution is -2.33. The minimum Gasteiger partial charge on any atom is -0.591 e.